The van der Waals surface area contributed by atoms with Crippen LogP contribution in [0.2, 0.25) is 0 Å². The van der Waals surface area contributed by atoms with E-state index in [1.54, 1.807) is 13.2 Å². The summed E-state index contributed by atoms with van der Waals surface area (Å²) in [5.41, 5.74) is 0.968. The zero-order valence-electron chi connectivity index (χ0n) is 11.0. The molecular weight excluding hydrogens is 242 g/mol. The fourth-order valence-electron chi connectivity index (χ4n) is 1.74. The molecule has 0 saturated heterocycles. The molecule has 0 aliphatic carbocycles. The molecule has 0 radical (unpaired) electrons. The number of benzene rings is 1. The Hall–Kier alpha value is -2.14. The maximum absolute atomic E-state index is 11.5. The summed E-state index contributed by atoms with van der Waals surface area (Å²) >= 11 is 0. The molecule has 0 saturated carbocycles. The molecule has 1 unspecified atom stereocenters. The van der Waals surface area contributed by atoms with Crippen LogP contribution in [0.25, 0.3) is 11.3 Å². The SMILES string of the molecule is CNCC(=O)NC(C)c1ncc(-c2ccccc2)o1. The van der Waals surface area contributed by atoms with Gasteiger partial charge in [0, 0.05) is 5.56 Å². The first kappa shape index (κ1) is 13.3. The third kappa shape index (κ3) is 3.42. The summed E-state index contributed by atoms with van der Waals surface area (Å²) in [6.07, 6.45) is 1.67. The molecular formula is C14H17N3O2. The number of oxazole rings is 1. The molecule has 1 amide bonds. The largest absolute Gasteiger partial charge is 0.438 e. The standard InChI is InChI=1S/C14H17N3O2/c1-10(17-13(18)9-15-2)14-16-8-12(19-14)11-6-4-3-5-7-11/h3-8,10,15H,9H2,1-2H3,(H,17,18). The first-order valence-electron chi connectivity index (χ1n) is 6.16. The molecule has 0 aliphatic rings. The molecule has 100 valence electrons. The number of carbonyl (C=O) groups is 1. The highest BCUT2D eigenvalue weighted by molar-refractivity contribution is 5.78. The van der Waals surface area contributed by atoms with Gasteiger partial charge in [0.05, 0.1) is 12.7 Å². The van der Waals surface area contributed by atoms with Gasteiger partial charge in [0.2, 0.25) is 11.8 Å². The molecule has 0 fully saturated rings. The van der Waals surface area contributed by atoms with E-state index >= 15 is 0 Å². The molecule has 2 N–H and O–H groups in total. The number of nitrogens with one attached hydrogen (secondary N) is 2. The van der Waals surface area contributed by atoms with Gasteiger partial charge in [0.25, 0.3) is 0 Å². The lowest BCUT2D eigenvalue weighted by Crippen LogP contribution is -2.34. The lowest BCUT2D eigenvalue weighted by atomic mass is 10.2. The van der Waals surface area contributed by atoms with Crippen LogP contribution in [0.15, 0.2) is 40.9 Å². The molecule has 19 heavy (non-hydrogen) atoms. The van der Waals surface area contributed by atoms with Gasteiger partial charge in [0.1, 0.15) is 6.04 Å². The van der Waals surface area contributed by atoms with Crippen molar-refractivity contribution < 1.29 is 9.21 Å². The van der Waals surface area contributed by atoms with Gasteiger partial charge in [-0.15, -0.1) is 0 Å². The highest BCUT2D eigenvalue weighted by Crippen LogP contribution is 2.22. The molecule has 1 aromatic heterocycles. The molecule has 0 spiro atoms. The van der Waals surface area contributed by atoms with Crippen LogP contribution in [-0.4, -0.2) is 24.5 Å². The van der Waals surface area contributed by atoms with Gasteiger partial charge in [-0.25, -0.2) is 4.98 Å². The van der Waals surface area contributed by atoms with Crippen LogP contribution in [-0.2, 0) is 4.79 Å². The lowest BCUT2D eigenvalue weighted by molar-refractivity contribution is -0.120. The second-order valence-electron chi connectivity index (χ2n) is 4.25. The molecule has 0 bridgehead atoms. The van der Waals surface area contributed by atoms with Crippen molar-refractivity contribution in [3.63, 3.8) is 0 Å². The fourth-order valence-corrected chi connectivity index (χ4v) is 1.74. The average Bonchev–Trinajstić information content (AvgIpc) is 2.89. The van der Waals surface area contributed by atoms with Crippen molar-refractivity contribution in [3.05, 3.63) is 42.4 Å². The van der Waals surface area contributed by atoms with Gasteiger partial charge in [-0.2, -0.15) is 0 Å². The Morgan fingerprint density at radius 2 is 2.11 bits per heavy atom. The van der Waals surface area contributed by atoms with Crippen LogP contribution < -0.4 is 10.6 Å². The molecule has 2 aromatic rings. The minimum Gasteiger partial charge on any atom is -0.438 e. The van der Waals surface area contributed by atoms with Crippen molar-refractivity contribution in [2.45, 2.75) is 13.0 Å². The number of likely N-dealkylation sites (N-methyl/N-ethyl adjacent to an activating group) is 1. The van der Waals surface area contributed by atoms with Crippen LogP contribution >= 0.6 is 0 Å². The van der Waals surface area contributed by atoms with Gasteiger partial charge < -0.3 is 15.1 Å². The van der Waals surface area contributed by atoms with Crippen LogP contribution in [0.1, 0.15) is 18.9 Å². The van der Waals surface area contributed by atoms with E-state index in [0.717, 1.165) is 5.56 Å². The maximum Gasteiger partial charge on any atom is 0.234 e. The average molecular weight is 259 g/mol. The number of aromatic nitrogens is 1. The Balaban J connectivity index is 2.07. The molecule has 0 aliphatic heterocycles. The molecule has 2 rings (SSSR count). The van der Waals surface area contributed by atoms with Gasteiger partial charge in [-0.1, -0.05) is 30.3 Å². The number of hydrogen-bond donors (Lipinski definition) is 2. The monoisotopic (exact) mass is 259 g/mol. The van der Waals surface area contributed by atoms with E-state index in [2.05, 4.69) is 15.6 Å². The zero-order valence-corrected chi connectivity index (χ0v) is 11.0. The van der Waals surface area contributed by atoms with E-state index in [-0.39, 0.29) is 18.5 Å². The maximum atomic E-state index is 11.5. The minimum absolute atomic E-state index is 0.0885. The summed E-state index contributed by atoms with van der Waals surface area (Å²) in [5.74, 6) is 1.11. The van der Waals surface area contributed by atoms with Crippen molar-refractivity contribution in [1.29, 1.82) is 0 Å². The third-order valence-electron chi connectivity index (χ3n) is 2.67. The number of hydrogen-bond acceptors (Lipinski definition) is 4. The van der Waals surface area contributed by atoms with E-state index in [4.69, 9.17) is 4.42 Å². The normalized spacial score (nSPS) is 12.1. The highest BCUT2D eigenvalue weighted by atomic mass is 16.4. The first-order chi connectivity index (χ1) is 9.20. The van der Waals surface area contributed by atoms with Crippen LogP contribution in [0, 0.1) is 0 Å². The quantitative estimate of drug-likeness (QED) is 0.858. The van der Waals surface area contributed by atoms with Gasteiger partial charge in [-0.3, -0.25) is 4.79 Å². The Morgan fingerprint density at radius 1 is 1.37 bits per heavy atom. The summed E-state index contributed by atoms with van der Waals surface area (Å²) < 4.78 is 5.66. The van der Waals surface area contributed by atoms with Crippen LogP contribution in [0.5, 0.6) is 0 Å². The summed E-state index contributed by atoms with van der Waals surface area (Å²) in [6.45, 7) is 2.12. The van der Waals surface area contributed by atoms with E-state index in [9.17, 15) is 4.79 Å². The molecule has 1 atom stereocenters. The predicted molar refractivity (Wildman–Crippen MR) is 72.4 cm³/mol. The van der Waals surface area contributed by atoms with E-state index in [1.165, 1.54) is 0 Å². The topological polar surface area (TPSA) is 67.2 Å². The highest BCUT2D eigenvalue weighted by Gasteiger charge is 2.15. The van der Waals surface area contributed by atoms with Crippen molar-refractivity contribution in [2.75, 3.05) is 13.6 Å². The molecule has 1 aromatic carbocycles. The summed E-state index contributed by atoms with van der Waals surface area (Å²) in [7, 11) is 1.73. The second-order valence-corrected chi connectivity index (χ2v) is 4.25. The Kier molecular flexibility index (Phi) is 4.30. The van der Waals surface area contributed by atoms with Gasteiger partial charge in [0.15, 0.2) is 5.76 Å². The fraction of sp³-hybridized carbons (Fsp3) is 0.286. The predicted octanol–water partition coefficient (Wildman–Crippen LogP) is 1.74. The molecule has 5 heteroatoms. The van der Waals surface area contributed by atoms with Gasteiger partial charge in [-0.05, 0) is 14.0 Å². The Bertz CT molecular complexity index is 537. The number of carbonyl (C=O) groups excluding carboxylic acids is 1. The number of nitrogens with zero attached hydrogens (tertiary/aromatic N) is 1. The molecule has 1 heterocycles. The summed E-state index contributed by atoms with van der Waals surface area (Å²) in [4.78, 5) is 15.7. The molecule has 5 nitrogen and oxygen atoms in total. The smallest absolute Gasteiger partial charge is 0.234 e. The zero-order chi connectivity index (χ0) is 13.7. The van der Waals surface area contributed by atoms with Crippen molar-refractivity contribution >= 4 is 5.91 Å². The Morgan fingerprint density at radius 3 is 2.79 bits per heavy atom. The van der Waals surface area contributed by atoms with Crippen LogP contribution in [0.3, 0.4) is 0 Å². The summed E-state index contributed by atoms with van der Waals surface area (Å²) in [6, 6.07) is 9.48. The third-order valence-corrected chi connectivity index (χ3v) is 2.67. The number of rotatable bonds is 5. The Labute approximate surface area is 112 Å². The summed E-state index contributed by atoms with van der Waals surface area (Å²) in [5, 5.41) is 5.60. The van der Waals surface area contributed by atoms with Crippen molar-refractivity contribution in [2.24, 2.45) is 0 Å². The van der Waals surface area contributed by atoms with E-state index in [1.807, 2.05) is 37.3 Å². The van der Waals surface area contributed by atoms with Crippen LogP contribution in [0.4, 0.5) is 0 Å². The number of amides is 1. The van der Waals surface area contributed by atoms with Gasteiger partial charge >= 0.3 is 0 Å². The van der Waals surface area contributed by atoms with Crippen molar-refractivity contribution in [1.82, 2.24) is 15.6 Å². The van der Waals surface area contributed by atoms with Crippen molar-refractivity contribution in [3.8, 4) is 11.3 Å². The van der Waals surface area contributed by atoms with E-state index in [0.29, 0.717) is 11.7 Å². The second kappa shape index (κ2) is 6.15. The minimum atomic E-state index is -0.252. The first-order valence-corrected chi connectivity index (χ1v) is 6.16. The van der Waals surface area contributed by atoms with E-state index < -0.39 is 0 Å². The lowest BCUT2D eigenvalue weighted by Gasteiger charge is -2.09.